The number of carbonyl (C=O) groups excluding carboxylic acids is 2. The molecule has 0 aliphatic rings. The fourth-order valence-electron chi connectivity index (χ4n) is 2.02. The quantitative estimate of drug-likeness (QED) is 0.178. The number of rotatable bonds is 14. The summed E-state index contributed by atoms with van der Waals surface area (Å²) in [6.45, 7) is 8.29. The average Bonchev–Trinajstić information content (AvgIpc) is 2.66. The molecule has 0 aliphatic heterocycles. The van der Waals surface area contributed by atoms with Crippen LogP contribution in [0.1, 0.15) is 98.3 Å². The van der Waals surface area contributed by atoms with Crippen molar-refractivity contribution in [3.8, 4) is 0 Å². The molecule has 4 nitrogen and oxygen atoms in total. The number of allylic oxidation sites excluding steroid dienone is 3. The van der Waals surface area contributed by atoms with E-state index < -0.39 is 0 Å². The fourth-order valence-corrected chi connectivity index (χ4v) is 2.02. The summed E-state index contributed by atoms with van der Waals surface area (Å²) in [5, 5.41) is 17.0. The normalized spacial score (nSPS) is 11.5. The molecular weight excluding hydrogens is 340 g/mol. The summed E-state index contributed by atoms with van der Waals surface area (Å²) in [5.41, 5.74) is 0. The summed E-state index contributed by atoms with van der Waals surface area (Å²) >= 11 is 0. The molecule has 2 N–H and O–H groups in total. The molecule has 0 rings (SSSR count). The molecular formula is C23H44O4. The summed E-state index contributed by atoms with van der Waals surface area (Å²) in [7, 11) is 0. The van der Waals surface area contributed by atoms with Crippen LogP contribution in [0.4, 0.5) is 0 Å². The zero-order chi connectivity index (χ0) is 21.2. The topological polar surface area (TPSA) is 74.6 Å². The Balaban J connectivity index is -0.000000329. The highest BCUT2D eigenvalue weighted by atomic mass is 16.3. The molecule has 1 atom stereocenters. The molecule has 160 valence electrons. The molecule has 0 saturated heterocycles. The van der Waals surface area contributed by atoms with Crippen molar-refractivity contribution in [1.82, 2.24) is 0 Å². The van der Waals surface area contributed by atoms with Gasteiger partial charge in [-0.1, -0.05) is 70.3 Å². The van der Waals surface area contributed by atoms with Crippen LogP contribution in [0, 0.1) is 0 Å². The number of carbonyl (C=O) groups is 2. The first kappa shape index (κ1) is 30.5. The second-order valence-corrected chi connectivity index (χ2v) is 6.54. The molecule has 0 spiro atoms. The molecule has 0 aromatic rings. The minimum atomic E-state index is -0.263. The third-order valence-corrected chi connectivity index (χ3v) is 3.61. The monoisotopic (exact) mass is 384 g/mol. The molecule has 1 unspecified atom stereocenters. The average molecular weight is 385 g/mol. The maximum absolute atomic E-state index is 10.5. The Kier molecular flexibility index (Phi) is 33.3. The second kappa shape index (κ2) is 29.5. The highest BCUT2D eigenvalue weighted by Gasteiger charge is 1.97. The Morgan fingerprint density at radius 3 is 2.07 bits per heavy atom. The molecule has 27 heavy (non-hydrogen) atoms. The van der Waals surface area contributed by atoms with Gasteiger partial charge in [-0.05, 0) is 46.0 Å². The van der Waals surface area contributed by atoms with Crippen LogP contribution in [0.25, 0.3) is 0 Å². The van der Waals surface area contributed by atoms with Crippen LogP contribution in [-0.2, 0) is 9.59 Å². The van der Waals surface area contributed by atoms with Gasteiger partial charge >= 0.3 is 0 Å². The van der Waals surface area contributed by atoms with Crippen LogP contribution in [0.2, 0.25) is 0 Å². The van der Waals surface area contributed by atoms with Crippen LogP contribution in [0.5, 0.6) is 0 Å². The van der Waals surface area contributed by atoms with Crippen molar-refractivity contribution < 1.29 is 19.8 Å². The number of hydrogen-bond acceptors (Lipinski definition) is 4. The number of aliphatic hydroxyl groups is 2. The summed E-state index contributed by atoms with van der Waals surface area (Å²) < 4.78 is 0. The van der Waals surface area contributed by atoms with Gasteiger partial charge in [0.05, 0.1) is 12.7 Å². The van der Waals surface area contributed by atoms with Gasteiger partial charge in [0.25, 0.3) is 0 Å². The Hall–Kier alpha value is -1.26. The molecule has 0 heterocycles. The van der Waals surface area contributed by atoms with Gasteiger partial charge in [0.1, 0.15) is 0 Å². The van der Waals surface area contributed by atoms with Gasteiger partial charge in [0.15, 0.2) is 12.1 Å². The standard InChI is InChI=1S/C9H16O2.C8H16O.C6H12O/c1-2-3-4-5-6-7-9(11)8-10;1-3-4-5-6-7-8(2)9;1-2-3-4-5-6-7/h8H,2-7H2,1H3;3-4,8-9H,5-7H2,1-2H3;4-5,7H,2-3,6H2,1H3. The lowest BCUT2D eigenvalue weighted by Crippen LogP contribution is -1.97. The number of ketones is 1. The van der Waals surface area contributed by atoms with Gasteiger partial charge in [-0.15, -0.1) is 0 Å². The van der Waals surface area contributed by atoms with Crippen molar-refractivity contribution in [2.24, 2.45) is 0 Å². The molecule has 0 aromatic carbocycles. The van der Waals surface area contributed by atoms with Gasteiger partial charge in [-0.2, -0.15) is 0 Å². The van der Waals surface area contributed by atoms with Gasteiger partial charge in [0, 0.05) is 6.42 Å². The fraction of sp³-hybridized carbons (Fsp3) is 0.739. The molecule has 0 aromatic heterocycles. The largest absolute Gasteiger partial charge is 0.393 e. The molecule has 0 bridgehead atoms. The van der Waals surface area contributed by atoms with E-state index in [1.807, 2.05) is 26.0 Å². The van der Waals surface area contributed by atoms with E-state index in [4.69, 9.17) is 10.2 Å². The summed E-state index contributed by atoms with van der Waals surface area (Å²) in [5.74, 6) is -0.263. The van der Waals surface area contributed by atoms with Gasteiger partial charge < -0.3 is 10.2 Å². The van der Waals surface area contributed by atoms with Crippen molar-refractivity contribution in [1.29, 1.82) is 0 Å². The molecule has 0 radical (unpaired) electrons. The predicted octanol–water partition coefficient (Wildman–Crippen LogP) is 5.56. The Morgan fingerprint density at radius 1 is 0.926 bits per heavy atom. The number of aliphatic hydroxyl groups excluding tert-OH is 2. The molecule has 0 saturated carbocycles. The Morgan fingerprint density at radius 2 is 1.59 bits per heavy atom. The lowest BCUT2D eigenvalue weighted by Gasteiger charge is -1.99. The van der Waals surface area contributed by atoms with Gasteiger partial charge in [-0.25, -0.2) is 0 Å². The van der Waals surface area contributed by atoms with Crippen LogP contribution in [0.15, 0.2) is 24.3 Å². The van der Waals surface area contributed by atoms with E-state index in [9.17, 15) is 9.59 Å². The van der Waals surface area contributed by atoms with Crippen molar-refractivity contribution in [3.63, 3.8) is 0 Å². The van der Waals surface area contributed by atoms with Crippen LogP contribution in [-0.4, -0.2) is 35.0 Å². The van der Waals surface area contributed by atoms with Crippen molar-refractivity contribution in [2.75, 3.05) is 6.61 Å². The van der Waals surface area contributed by atoms with Crippen molar-refractivity contribution in [3.05, 3.63) is 24.3 Å². The predicted molar refractivity (Wildman–Crippen MR) is 116 cm³/mol. The number of hydrogen-bond donors (Lipinski definition) is 2. The third kappa shape index (κ3) is 40.7. The second-order valence-electron chi connectivity index (χ2n) is 6.54. The van der Waals surface area contributed by atoms with Gasteiger partial charge in [-0.3, -0.25) is 9.59 Å². The van der Waals surface area contributed by atoms with Crippen molar-refractivity contribution >= 4 is 12.1 Å². The number of Topliss-reactive ketones (excluding diaryl/α,β-unsaturated/α-hetero) is 1. The highest BCUT2D eigenvalue weighted by molar-refractivity contribution is 6.24. The number of aldehydes is 1. The zero-order valence-corrected chi connectivity index (χ0v) is 18.2. The minimum Gasteiger partial charge on any atom is -0.393 e. The summed E-state index contributed by atoms with van der Waals surface area (Å²) in [4.78, 5) is 20.4. The smallest absolute Gasteiger partial charge is 0.195 e. The van der Waals surface area contributed by atoms with E-state index in [0.29, 0.717) is 12.7 Å². The molecule has 0 fully saturated rings. The van der Waals surface area contributed by atoms with Crippen LogP contribution < -0.4 is 0 Å². The molecule has 4 heteroatoms. The lowest BCUT2D eigenvalue weighted by atomic mass is 10.1. The van der Waals surface area contributed by atoms with E-state index in [0.717, 1.165) is 44.9 Å². The Bertz CT molecular complexity index is 346. The van der Waals surface area contributed by atoms with E-state index in [-0.39, 0.29) is 18.5 Å². The minimum absolute atomic E-state index is 0.129. The first-order chi connectivity index (χ1) is 13.0. The van der Waals surface area contributed by atoms with E-state index in [2.05, 4.69) is 19.9 Å². The van der Waals surface area contributed by atoms with Crippen molar-refractivity contribution in [2.45, 2.75) is 104 Å². The van der Waals surface area contributed by atoms with E-state index in [1.54, 1.807) is 6.08 Å². The lowest BCUT2D eigenvalue weighted by molar-refractivity contribution is -0.129. The Labute approximate surface area is 167 Å². The third-order valence-electron chi connectivity index (χ3n) is 3.61. The highest BCUT2D eigenvalue weighted by Crippen LogP contribution is 2.04. The maximum Gasteiger partial charge on any atom is 0.195 e. The van der Waals surface area contributed by atoms with Crippen LogP contribution in [0.3, 0.4) is 0 Å². The van der Waals surface area contributed by atoms with E-state index in [1.165, 1.54) is 19.3 Å². The van der Waals surface area contributed by atoms with E-state index >= 15 is 0 Å². The molecule has 0 amide bonds. The van der Waals surface area contributed by atoms with Gasteiger partial charge in [0.2, 0.25) is 0 Å². The molecule has 0 aliphatic carbocycles. The summed E-state index contributed by atoms with van der Waals surface area (Å²) in [6.07, 6.45) is 19.6. The van der Waals surface area contributed by atoms with Crippen LogP contribution >= 0.6 is 0 Å². The maximum atomic E-state index is 10.5. The SMILES string of the molecule is CC=CCCCC(C)O.CCCC=CCO.CCCCCCCC(=O)C=O. The zero-order valence-electron chi connectivity index (χ0n) is 18.2. The summed E-state index contributed by atoms with van der Waals surface area (Å²) in [6, 6.07) is 0. The first-order valence-electron chi connectivity index (χ1n) is 10.5. The number of unbranched alkanes of at least 4 members (excludes halogenated alkanes) is 6. The first-order valence-corrected chi connectivity index (χ1v) is 10.5.